The molecule has 4 heteroatoms. The van der Waals surface area contributed by atoms with Crippen LogP contribution in [-0.2, 0) is 11.2 Å². The van der Waals surface area contributed by atoms with Crippen LogP contribution in [0.4, 0.5) is 11.4 Å². The Morgan fingerprint density at radius 1 is 1.25 bits per heavy atom. The standard InChI is InChI=1S/C16H23N3O/c1-12(18-8-2-3-9-18)11-19-15-6-5-14(17)10-13(15)4-7-16(19)20/h5-6,10,12H,2-4,7-9,11,17H2,1H3/t12-/m0/s1. The van der Waals surface area contributed by atoms with Gasteiger partial charge in [-0.2, -0.15) is 0 Å². The summed E-state index contributed by atoms with van der Waals surface area (Å²) in [5, 5.41) is 0. The Kier molecular flexibility index (Phi) is 3.66. The molecule has 0 spiro atoms. The maximum absolute atomic E-state index is 12.3. The highest BCUT2D eigenvalue weighted by molar-refractivity contribution is 5.96. The van der Waals surface area contributed by atoms with Crippen LogP contribution in [0.25, 0.3) is 0 Å². The van der Waals surface area contributed by atoms with Crippen molar-refractivity contribution in [1.82, 2.24) is 4.90 Å². The Hall–Kier alpha value is -1.55. The van der Waals surface area contributed by atoms with E-state index >= 15 is 0 Å². The molecule has 1 amide bonds. The average molecular weight is 273 g/mol. The van der Waals surface area contributed by atoms with Crippen molar-refractivity contribution in [2.75, 3.05) is 30.3 Å². The number of nitrogens with zero attached hydrogens (tertiary/aromatic N) is 2. The van der Waals surface area contributed by atoms with Gasteiger partial charge in [0.25, 0.3) is 0 Å². The van der Waals surface area contributed by atoms with Gasteiger partial charge >= 0.3 is 0 Å². The third kappa shape index (κ3) is 2.52. The van der Waals surface area contributed by atoms with E-state index in [2.05, 4.69) is 11.8 Å². The van der Waals surface area contributed by atoms with E-state index in [0.29, 0.717) is 12.5 Å². The van der Waals surface area contributed by atoms with Crippen LogP contribution in [0.15, 0.2) is 18.2 Å². The van der Waals surface area contributed by atoms with Crippen LogP contribution in [0.2, 0.25) is 0 Å². The molecule has 0 aliphatic carbocycles. The van der Waals surface area contributed by atoms with Crippen molar-refractivity contribution in [3.8, 4) is 0 Å². The first-order valence-corrected chi connectivity index (χ1v) is 7.58. The summed E-state index contributed by atoms with van der Waals surface area (Å²) in [6, 6.07) is 6.32. The van der Waals surface area contributed by atoms with Gasteiger partial charge in [0.2, 0.25) is 5.91 Å². The van der Waals surface area contributed by atoms with E-state index in [4.69, 9.17) is 5.73 Å². The highest BCUT2D eigenvalue weighted by Crippen LogP contribution is 2.30. The molecule has 4 nitrogen and oxygen atoms in total. The van der Waals surface area contributed by atoms with Crippen molar-refractivity contribution >= 4 is 17.3 Å². The van der Waals surface area contributed by atoms with Crippen LogP contribution in [-0.4, -0.2) is 36.5 Å². The van der Waals surface area contributed by atoms with Crippen LogP contribution in [0.3, 0.4) is 0 Å². The lowest BCUT2D eigenvalue weighted by atomic mass is 10.00. The van der Waals surface area contributed by atoms with E-state index < -0.39 is 0 Å². The molecule has 2 heterocycles. The molecular formula is C16H23N3O. The minimum Gasteiger partial charge on any atom is -0.399 e. The van der Waals surface area contributed by atoms with Gasteiger partial charge in [-0.3, -0.25) is 9.69 Å². The minimum atomic E-state index is 0.244. The summed E-state index contributed by atoms with van der Waals surface area (Å²) in [4.78, 5) is 16.7. The molecule has 1 aromatic carbocycles. The first-order chi connectivity index (χ1) is 9.65. The van der Waals surface area contributed by atoms with Gasteiger partial charge in [-0.05, 0) is 63.0 Å². The molecule has 2 N–H and O–H groups in total. The molecule has 1 atom stereocenters. The molecule has 3 rings (SSSR count). The van der Waals surface area contributed by atoms with E-state index in [0.717, 1.165) is 37.4 Å². The van der Waals surface area contributed by atoms with E-state index in [-0.39, 0.29) is 5.91 Å². The highest BCUT2D eigenvalue weighted by Gasteiger charge is 2.28. The van der Waals surface area contributed by atoms with Crippen LogP contribution < -0.4 is 10.6 Å². The quantitative estimate of drug-likeness (QED) is 0.857. The van der Waals surface area contributed by atoms with Crippen LogP contribution in [0, 0.1) is 0 Å². The van der Waals surface area contributed by atoms with Crippen molar-refractivity contribution in [3.05, 3.63) is 23.8 Å². The number of nitrogen functional groups attached to an aromatic ring is 1. The van der Waals surface area contributed by atoms with Gasteiger partial charge in [0, 0.05) is 30.4 Å². The maximum Gasteiger partial charge on any atom is 0.227 e. The van der Waals surface area contributed by atoms with Crippen molar-refractivity contribution in [2.45, 2.75) is 38.6 Å². The number of hydrogen-bond donors (Lipinski definition) is 1. The fourth-order valence-corrected chi connectivity index (χ4v) is 3.34. The third-order valence-corrected chi connectivity index (χ3v) is 4.51. The minimum absolute atomic E-state index is 0.244. The molecule has 108 valence electrons. The maximum atomic E-state index is 12.3. The van der Waals surface area contributed by atoms with Crippen LogP contribution in [0.1, 0.15) is 31.7 Å². The molecule has 0 bridgehead atoms. The van der Waals surface area contributed by atoms with E-state index in [9.17, 15) is 4.79 Å². The van der Waals surface area contributed by atoms with Crippen molar-refractivity contribution < 1.29 is 4.79 Å². The smallest absolute Gasteiger partial charge is 0.227 e. The topological polar surface area (TPSA) is 49.6 Å². The number of aryl methyl sites for hydroxylation is 1. The molecule has 0 unspecified atom stereocenters. The molecule has 20 heavy (non-hydrogen) atoms. The zero-order valence-corrected chi connectivity index (χ0v) is 12.1. The Labute approximate surface area is 120 Å². The van der Waals surface area contributed by atoms with Gasteiger partial charge in [-0.1, -0.05) is 0 Å². The predicted molar refractivity (Wildman–Crippen MR) is 81.8 cm³/mol. The fraction of sp³-hybridized carbons (Fsp3) is 0.562. The van der Waals surface area contributed by atoms with Crippen molar-refractivity contribution in [3.63, 3.8) is 0 Å². The Morgan fingerprint density at radius 3 is 2.75 bits per heavy atom. The highest BCUT2D eigenvalue weighted by atomic mass is 16.2. The molecule has 1 fully saturated rings. The predicted octanol–water partition coefficient (Wildman–Crippen LogP) is 2.03. The summed E-state index contributed by atoms with van der Waals surface area (Å²) in [6.07, 6.45) is 3.98. The lowest BCUT2D eigenvalue weighted by Gasteiger charge is -2.34. The first-order valence-electron chi connectivity index (χ1n) is 7.58. The summed E-state index contributed by atoms with van der Waals surface area (Å²) in [5.41, 5.74) is 8.90. The zero-order valence-electron chi connectivity index (χ0n) is 12.1. The summed E-state index contributed by atoms with van der Waals surface area (Å²) < 4.78 is 0. The Morgan fingerprint density at radius 2 is 2.00 bits per heavy atom. The molecule has 0 saturated carbocycles. The summed E-state index contributed by atoms with van der Waals surface area (Å²) in [7, 11) is 0. The number of rotatable bonds is 3. The molecule has 1 aromatic rings. The van der Waals surface area contributed by atoms with E-state index in [1.54, 1.807) is 0 Å². The Balaban J connectivity index is 1.80. The first kappa shape index (κ1) is 13.4. The van der Waals surface area contributed by atoms with Gasteiger partial charge in [0.05, 0.1) is 0 Å². The SMILES string of the molecule is C[C@@H](CN1C(=O)CCc2cc(N)ccc21)N1CCCC1. The molecule has 2 aliphatic rings. The largest absolute Gasteiger partial charge is 0.399 e. The monoisotopic (exact) mass is 273 g/mol. The summed E-state index contributed by atoms with van der Waals surface area (Å²) in [5.74, 6) is 0.244. The molecule has 0 radical (unpaired) electrons. The van der Waals surface area contributed by atoms with Crippen LogP contribution >= 0.6 is 0 Å². The van der Waals surface area contributed by atoms with Gasteiger partial charge in [-0.15, -0.1) is 0 Å². The molecule has 2 aliphatic heterocycles. The molecule has 1 saturated heterocycles. The number of hydrogen-bond acceptors (Lipinski definition) is 3. The summed E-state index contributed by atoms with van der Waals surface area (Å²) in [6.45, 7) is 5.34. The number of anilines is 2. The number of nitrogens with two attached hydrogens (primary N) is 1. The van der Waals surface area contributed by atoms with Crippen molar-refractivity contribution in [2.24, 2.45) is 0 Å². The number of benzene rings is 1. The van der Waals surface area contributed by atoms with Gasteiger partial charge in [0.15, 0.2) is 0 Å². The average Bonchev–Trinajstić information content (AvgIpc) is 2.96. The lowest BCUT2D eigenvalue weighted by molar-refractivity contribution is -0.119. The lowest BCUT2D eigenvalue weighted by Crippen LogP contribution is -2.45. The van der Waals surface area contributed by atoms with Crippen LogP contribution in [0.5, 0.6) is 0 Å². The van der Waals surface area contributed by atoms with E-state index in [1.807, 2.05) is 23.1 Å². The number of amides is 1. The zero-order chi connectivity index (χ0) is 14.1. The van der Waals surface area contributed by atoms with Crippen molar-refractivity contribution in [1.29, 1.82) is 0 Å². The second kappa shape index (κ2) is 5.44. The molecule has 0 aromatic heterocycles. The van der Waals surface area contributed by atoms with Gasteiger partial charge < -0.3 is 10.6 Å². The van der Waals surface area contributed by atoms with Gasteiger partial charge in [-0.25, -0.2) is 0 Å². The van der Waals surface area contributed by atoms with Gasteiger partial charge in [0.1, 0.15) is 0 Å². The normalized spacial score (nSPS) is 21.1. The van der Waals surface area contributed by atoms with E-state index in [1.165, 1.54) is 18.4 Å². The number of carbonyl (C=O) groups is 1. The second-order valence-corrected chi connectivity index (χ2v) is 5.98. The summed E-state index contributed by atoms with van der Waals surface area (Å²) >= 11 is 0. The second-order valence-electron chi connectivity index (χ2n) is 5.98. The Bertz CT molecular complexity index is 508. The number of likely N-dealkylation sites (tertiary alicyclic amines) is 1. The molecular weight excluding hydrogens is 250 g/mol. The number of fused-ring (bicyclic) bond motifs is 1. The number of carbonyl (C=O) groups excluding carboxylic acids is 1. The fourth-order valence-electron chi connectivity index (χ4n) is 3.34. The third-order valence-electron chi connectivity index (χ3n) is 4.51.